The lowest BCUT2D eigenvalue weighted by atomic mass is 10.2. The van der Waals surface area contributed by atoms with E-state index in [0.29, 0.717) is 0 Å². The van der Waals surface area contributed by atoms with Gasteiger partial charge in [0.05, 0.1) is 0 Å². The molecular weight excluding hydrogens is 152 g/mol. The highest BCUT2D eigenvalue weighted by molar-refractivity contribution is 5.21. The first-order chi connectivity index (χ1) is 5.95. The first-order valence-corrected chi connectivity index (χ1v) is 3.57. The summed E-state index contributed by atoms with van der Waals surface area (Å²) < 4.78 is 0. The Kier molecular flexibility index (Phi) is 1.82. The maximum atomic E-state index is 3.85. The molecule has 1 radical (unpaired) electrons. The lowest BCUT2D eigenvalue weighted by Crippen LogP contribution is -2.00. The van der Waals surface area contributed by atoms with Crippen molar-refractivity contribution in [3.8, 4) is 0 Å². The van der Waals surface area contributed by atoms with Gasteiger partial charge in [-0.2, -0.15) is 4.80 Å². The second kappa shape index (κ2) is 3.13. The summed E-state index contributed by atoms with van der Waals surface area (Å²) >= 11 is 0. The third-order valence-electron chi connectivity index (χ3n) is 1.43. The molecule has 1 aromatic carbocycles. The van der Waals surface area contributed by atoms with Crippen molar-refractivity contribution in [1.29, 1.82) is 0 Å². The molecule has 2 rings (SSSR count). The lowest BCUT2D eigenvalue weighted by molar-refractivity contribution is 0.677. The number of rotatable bonds is 2. The van der Waals surface area contributed by atoms with E-state index >= 15 is 0 Å². The van der Waals surface area contributed by atoms with Crippen molar-refractivity contribution < 1.29 is 0 Å². The molecule has 2 aromatic rings. The highest BCUT2D eigenvalue weighted by Gasteiger charge is 1.94. The van der Waals surface area contributed by atoms with E-state index in [2.05, 4.69) is 15.4 Å². The fourth-order valence-corrected chi connectivity index (χ4v) is 0.907. The van der Waals surface area contributed by atoms with E-state index in [9.17, 15) is 0 Å². The fourth-order valence-electron chi connectivity index (χ4n) is 0.907. The van der Waals surface area contributed by atoms with E-state index in [-0.39, 0.29) is 0 Å². The molecule has 12 heavy (non-hydrogen) atoms. The van der Waals surface area contributed by atoms with Gasteiger partial charge in [0.2, 0.25) is 0 Å². The molecule has 0 atom stereocenters. The van der Waals surface area contributed by atoms with Gasteiger partial charge in [0.1, 0.15) is 6.54 Å². The minimum Gasteiger partial charge on any atom is -0.154 e. The monoisotopic (exact) mass is 159 g/mol. The summed E-state index contributed by atoms with van der Waals surface area (Å²) in [4.78, 5) is 1.43. The molecule has 4 heteroatoms. The van der Waals surface area contributed by atoms with Crippen molar-refractivity contribution in [1.82, 2.24) is 20.2 Å². The van der Waals surface area contributed by atoms with E-state index in [0.717, 1.165) is 5.56 Å². The lowest BCUT2D eigenvalue weighted by Gasteiger charge is -1.95. The van der Waals surface area contributed by atoms with Crippen LogP contribution in [0.3, 0.4) is 0 Å². The van der Waals surface area contributed by atoms with E-state index in [4.69, 9.17) is 0 Å². The summed E-state index contributed by atoms with van der Waals surface area (Å²) in [5.41, 5.74) is 1.05. The average Bonchev–Trinajstić information content (AvgIpc) is 2.59. The fraction of sp³-hybridized carbons (Fsp3) is 0. The van der Waals surface area contributed by atoms with Crippen LogP contribution >= 0.6 is 0 Å². The molecule has 0 aliphatic heterocycles. The molecular formula is C8H7N4. The van der Waals surface area contributed by atoms with E-state index in [1.165, 1.54) is 11.1 Å². The largest absolute Gasteiger partial charge is 0.162 e. The van der Waals surface area contributed by atoms with Crippen LogP contribution in [0.1, 0.15) is 5.56 Å². The molecule has 0 bridgehead atoms. The van der Waals surface area contributed by atoms with Gasteiger partial charge in [0.15, 0.2) is 6.33 Å². The van der Waals surface area contributed by atoms with Gasteiger partial charge in [0.25, 0.3) is 0 Å². The SMILES string of the molecule is [CH](c1ccccc1)n1ncnn1. The van der Waals surface area contributed by atoms with Crippen molar-refractivity contribution >= 4 is 0 Å². The van der Waals surface area contributed by atoms with E-state index < -0.39 is 0 Å². The van der Waals surface area contributed by atoms with Crippen molar-refractivity contribution in [2.45, 2.75) is 0 Å². The Balaban J connectivity index is 2.15. The first-order valence-electron chi connectivity index (χ1n) is 3.57. The van der Waals surface area contributed by atoms with Crippen LogP contribution in [0.2, 0.25) is 0 Å². The van der Waals surface area contributed by atoms with Crippen molar-refractivity contribution in [3.05, 3.63) is 48.8 Å². The Labute approximate surface area is 69.8 Å². The van der Waals surface area contributed by atoms with Crippen LogP contribution in [0.4, 0.5) is 0 Å². The molecule has 0 aliphatic rings. The van der Waals surface area contributed by atoms with Gasteiger partial charge in [-0.15, -0.1) is 10.2 Å². The Hall–Kier alpha value is -1.71. The molecule has 0 saturated heterocycles. The molecule has 1 heterocycles. The smallest absolute Gasteiger partial charge is 0.154 e. The van der Waals surface area contributed by atoms with Gasteiger partial charge < -0.3 is 0 Å². The molecule has 1 aromatic heterocycles. The normalized spacial score (nSPS) is 10.0. The second-order valence-corrected chi connectivity index (χ2v) is 2.30. The minimum atomic E-state index is 1.05. The highest BCUT2D eigenvalue weighted by Crippen LogP contribution is 2.00. The summed E-state index contributed by atoms with van der Waals surface area (Å²) in [5, 5.41) is 11.2. The number of hydrogen-bond acceptors (Lipinski definition) is 3. The van der Waals surface area contributed by atoms with Crippen LogP contribution in [0.25, 0.3) is 0 Å². The van der Waals surface area contributed by atoms with Gasteiger partial charge in [-0.25, -0.2) is 0 Å². The molecule has 0 aliphatic carbocycles. The molecule has 0 N–H and O–H groups in total. The maximum absolute atomic E-state index is 3.85. The Morgan fingerprint density at radius 2 is 2.00 bits per heavy atom. The zero-order chi connectivity index (χ0) is 8.23. The summed E-state index contributed by atoms with van der Waals surface area (Å²) in [5.74, 6) is 0. The van der Waals surface area contributed by atoms with Crippen LogP contribution in [-0.4, -0.2) is 20.2 Å². The molecule has 0 amide bonds. The molecule has 0 unspecified atom stereocenters. The second-order valence-electron chi connectivity index (χ2n) is 2.30. The third kappa shape index (κ3) is 1.47. The number of tetrazole rings is 1. The summed E-state index contributed by atoms with van der Waals surface area (Å²) in [6.45, 7) is 1.80. The predicted octanol–water partition coefficient (Wildman–Crippen LogP) is 0.731. The number of hydrogen-bond donors (Lipinski definition) is 0. The third-order valence-corrected chi connectivity index (χ3v) is 1.43. The van der Waals surface area contributed by atoms with Gasteiger partial charge >= 0.3 is 0 Å². The summed E-state index contributed by atoms with van der Waals surface area (Å²) in [7, 11) is 0. The Morgan fingerprint density at radius 1 is 1.17 bits per heavy atom. The topological polar surface area (TPSA) is 43.6 Å². The van der Waals surface area contributed by atoms with Crippen LogP contribution in [-0.2, 0) is 0 Å². The quantitative estimate of drug-likeness (QED) is 0.648. The number of aromatic nitrogens is 4. The van der Waals surface area contributed by atoms with Gasteiger partial charge in [-0.1, -0.05) is 30.3 Å². The zero-order valence-electron chi connectivity index (χ0n) is 6.33. The average molecular weight is 159 g/mol. The van der Waals surface area contributed by atoms with Crippen molar-refractivity contribution in [2.24, 2.45) is 0 Å². The Bertz CT molecular complexity index is 327. The molecule has 0 saturated carbocycles. The number of nitrogens with zero attached hydrogens (tertiary/aromatic N) is 4. The van der Waals surface area contributed by atoms with Crippen molar-refractivity contribution in [2.75, 3.05) is 0 Å². The highest BCUT2D eigenvalue weighted by atomic mass is 15.6. The van der Waals surface area contributed by atoms with Gasteiger partial charge in [-0.05, 0) is 10.8 Å². The van der Waals surface area contributed by atoms with Crippen LogP contribution in [0.5, 0.6) is 0 Å². The van der Waals surface area contributed by atoms with Gasteiger partial charge in [0, 0.05) is 0 Å². The standard InChI is InChI=1S/C8H7N4/c1-2-4-8(5-3-1)6-12-10-7-9-11-12/h1-7H. The number of benzene rings is 1. The maximum Gasteiger partial charge on any atom is 0.162 e. The van der Waals surface area contributed by atoms with E-state index in [1.54, 1.807) is 6.54 Å². The van der Waals surface area contributed by atoms with Crippen LogP contribution in [0, 0.1) is 6.54 Å². The van der Waals surface area contributed by atoms with Crippen LogP contribution < -0.4 is 0 Å². The summed E-state index contributed by atoms with van der Waals surface area (Å²) in [6, 6.07) is 9.84. The van der Waals surface area contributed by atoms with Crippen LogP contribution in [0.15, 0.2) is 36.7 Å². The molecule has 0 fully saturated rings. The minimum absolute atomic E-state index is 1.05. The molecule has 59 valence electrons. The first kappa shape index (κ1) is 6.97. The van der Waals surface area contributed by atoms with Gasteiger partial charge in [-0.3, -0.25) is 0 Å². The summed E-state index contributed by atoms with van der Waals surface area (Å²) in [6.07, 6.45) is 1.40. The van der Waals surface area contributed by atoms with E-state index in [1.807, 2.05) is 30.3 Å². The molecule has 4 nitrogen and oxygen atoms in total. The predicted molar refractivity (Wildman–Crippen MR) is 43.1 cm³/mol. The van der Waals surface area contributed by atoms with Crippen molar-refractivity contribution in [3.63, 3.8) is 0 Å². The zero-order valence-corrected chi connectivity index (χ0v) is 6.33. The Morgan fingerprint density at radius 3 is 2.67 bits per heavy atom. The molecule has 0 spiro atoms.